The number of likely N-dealkylation sites (tertiary alicyclic amines) is 1. The zero-order valence-electron chi connectivity index (χ0n) is 13.0. The van der Waals surface area contributed by atoms with Crippen molar-refractivity contribution in [1.82, 2.24) is 9.47 Å². The number of piperidine rings is 1. The number of fused-ring (bicyclic) bond motifs is 2. The summed E-state index contributed by atoms with van der Waals surface area (Å²) < 4.78 is 12.0. The fourth-order valence-electron chi connectivity index (χ4n) is 3.80. The third-order valence-electron chi connectivity index (χ3n) is 4.88. The molecule has 0 N–H and O–H groups in total. The Morgan fingerprint density at radius 1 is 1.27 bits per heavy atom. The smallest absolute Gasteiger partial charge is 0.293 e. The van der Waals surface area contributed by atoms with Gasteiger partial charge < -0.3 is 18.9 Å². The Balaban J connectivity index is 1.70. The molecule has 2 fully saturated rings. The highest BCUT2D eigenvalue weighted by molar-refractivity contribution is 5.76. The average molecular weight is 306 g/mol. The molecule has 2 atom stereocenters. The van der Waals surface area contributed by atoms with Crippen molar-refractivity contribution in [2.45, 2.75) is 25.5 Å². The fraction of sp³-hybridized carbons (Fsp3) is 0.625. The van der Waals surface area contributed by atoms with E-state index < -0.39 is 0 Å². The van der Waals surface area contributed by atoms with Gasteiger partial charge in [-0.15, -0.1) is 0 Å². The van der Waals surface area contributed by atoms with Gasteiger partial charge in [-0.1, -0.05) is 0 Å². The van der Waals surface area contributed by atoms with E-state index in [1.165, 1.54) is 11.7 Å². The normalized spacial score (nSPS) is 27.0. The quantitative estimate of drug-likeness (QED) is 0.823. The van der Waals surface area contributed by atoms with Crippen LogP contribution in [0.3, 0.4) is 0 Å². The first-order valence-corrected chi connectivity index (χ1v) is 7.68. The molecule has 6 nitrogen and oxygen atoms in total. The molecule has 1 aromatic heterocycles. The van der Waals surface area contributed by atoms with Gasteiger partial charge in [0.1, 0.15) is 6.54 Å². The molecule has 0 spiro atoms. The Bertz CT molecular complexity index is 598. The minimum atomic E-state index is -0.270. The number of pyridine rings is 1. The van der Waals surface area contributed by atoms with E-state index in [0.29, 0.717) is 11.8 Å². The minimum Gasteiger partial charge on any atom is -0.491 e. The fourth-order valence-corrected chi connectivity index (χ4v) is 3.80. The zero-order valence-corrected chi connectivity index (χ0v) is 13.0. The second-order valence-corrected chi connectivity index (χ2v) is 6.11. The first-order valence-electron chi connectivity index (χ1n) is 7.68. The SMILES string of the molecule is COc1cccn(CC(=O)N2CC3CCC(C2)C3OC)c1=O. The monoisotopic (exact) mass is 306 g/mol. The van der Waals surface area contributed by atoms with Crippen LogP contribution >= 0.6 is 0 Å². The highest BCUT2D eigenvalue weighted by Crippen LogP contribution is 2.38. The maximum atomic E-state index is 12.5. The predicted molar refractivity (Wildman–Crippen MR) is 80.8 cm³/mol. The molecule has 1 aromatic rings. The summed E-state index contributed by atoms with van der Waals surface area (Å²) in [7, 11) is 3.21. The largest absolute Gasteiger partial charge is 0.491 e. The van der Waals surface area contributed by atoms with Crippen molar-refractivity contribution >= 4 is 5.91 Å². The molecular formula is C16H22N2O4. The van der Waals surface area contributed by atoms with E-state index in [-0.39, 0.29) is 29.9 Å². The first kappa shape index (κ1) is 15.1. The molecule has 6 heteroatoms. The summed E-state index contributed by atoms with van der Waals surface area (Å²) in [6.45, 7) is 1.52. The lowest BCUT2D eigenvalue weighted by molar-refractivity contribution is -0.137. The van der Waals surface area contributed by atoms with Gasteiger partial charge in [0.05, 0.1) is 13.2 Å². The Labute approximate surface area is 129 Å². The number of rotatable bonds is 4. The lowest BCUT2D eigenvalue weighted by atomic mass is 9.95. The van der Waals surface area contributed by atoms with Crippen LogP contribution in [-0.4, -0.2) is 48.8 Å². The summed E-state index contributed by atoms with van der Waals surface area (Å²) in [5, 5.41) is 0. The van der Waals surface area contributed by atoms with Crippen LogP contribution < -0.4 is 10.3 Å². The molecule has 0 aromatic carbocycles. The number of ether oxygens (including phenoxy) is 2. The molecule has 120 valence electrons. The number of carbonyl (C=O) groups excluding carboxylic acids is 1. The van der Waals surface area contributed by atoms with Crippen LogP contribution in [-0.2, 0) is 16.1 Å². The Kier molecular flexibility index (Phi) is 4.20. The summed E-state index contributed by atoms with van der Waals surface area (Å²) in [6, 6.07) is 3.32. The molecule has 1 amide bonds. The van der Waals surface area contributed by atoms with Gasteiger partial charge in [0, 0.05) is 38.2 Å². The van der Waals surface area contributed by atoms with Crippen LogP contribution in [0.2, 0.25) is 0 Å². The molecule has 0 radical (unpaired) electrons. The van der Waals surface area contributed by atoms with Crippen molar-refractivity contribution < 1.29 is 14.3 Å². The summed E-state index contributed by atoms with van der Waals surface area (Å²) >= 11 is 0. The Morgan fingerprint density at radius 3 is 2.55 bits per heavy atom. The molecule has 2 unspecified atom stereocenters. The number of amides is 1. The molecule has 1 saturated carbocycles. The van der Waals surface area contributed by atoms with E-state index >= 15 is 0 Å². The van der Waals surface area contributed by atoms with Crippen LogP contribution in [0.1, 0.15) is 12.8 Å². The molecule has 1 saturated heterocycles. The van der Waals surface area contributed by atoms with Gasteiger partial charge in [-0.3, -0.25) is 9.59 Å². The number of hydrogen-bond donors (Lipinski definition) is 0. The lowest BCUT2D eigenvalue weighted by Crippen LogP contribution is -2.49. The van der Waals surface area contributed by atoms with Gasteiger partial charge in [0.25, 0.3) is 5.56 Å². The predicted octanol–water partition coefficient (Wildman–Crippen LogP) is 0.740. The lowest BCUT2D eigenvalue weighted by Gasteiger charge is -2.37. The molecular weight excluding hydrogens is 284 g/mol. The van der Waals surface area contributed by atoms with Gasteiger partial charge in [0.15, 0.2) is 5.75 Å². The highest BCUT2D eigenvalue weighted by atomic mass is 16.5. The number of carbonyl (C=O) groups is 1. The minimum absolute atomic E-state index is 0.0122. The van der Waals surface area contributed by atoms with Crippen LogP contribution in [0.5, 0.6) is 5.75 Å². The van der Waals surface area contributed by atoms with E-state index in [1.54, 1.807) is 25.4 Å². The van der Waals surface area contributed by atoms with Crippen LogP contribution in [0.25, 0.3) is 0 Å². The van der Waals surface area contributed by atoms with Crippen LogP contribution in [0, 0.1) is 11.8 Å². The molecule has 1 aliphatic carbocycles. The number of aromatic nitrogens is 1. The van der Waals surface area contributed by atoms with Crippen LogP contribution in [0.15, 0.2) is 23.1 Å². The first-order chi connectivity index (χ1) is 10.6. The van der Waals surface area contributed by atoms with Crippen molar-refractivity contribution in [2.24, 2.45) is 11.8 Å². The standard InChI is InChI=1S/C16H22N2O4/c1-21-13-4-3-7-17(16(13)20)10-14(19)18-8-11-5-6-12(9-18)15(11)22-2/h3-4,7,11-12,15H,5-6,8-10H2,1-2H3. The molecule has 1 aliphatic heterocycles. The van der Waals surface area contributed by atoms with Gasteiger partial charge in [-0.05, 0) is 25.0 Å². The maximum Gasteiger partial charge on any atom is 0.293 e. The van der Waals surface area contributed by atoms with Gasteiger partial charge >= 0.3 is 0 Å². The van der Waals surface area contributed by atoms with E-state index in [0.717, 1.165) is 25.9 Å². The van der Waals surface area contributed by atoms with E-state index in [1.807, 2.05) is 4.90 Å². The molecule has 3 rings (SSSR count). The van der Waals surface area contributed by atoms with Crippen molar-refractivity contribution in [2.75, 3.05) is 27.3 Å². The van der Waals surface area contributed by atoms with Crippen molar-refractivity contribution in [3.63, 3.8) is 0 Å². The van der Waals surface area contributed by atoms with E-state index in [2.05, 4.69) is 0 Å². The van der Waals surface area contributed by atoms with Crippen molar-refractivity contribution in [1.29, 1.82) is 0 Å². The molecule has 2 bridgehead atoms. The number of methoxy groups -OCH3 is 2. The second-order valence-electron chi connectivity index (χ2n) is 6.11. The summed E-state index contributed by atoms with van der Waals surface area (Å²) in [6.07, 6.45) is 4.14. The summed E-state index contributed by atoms with van der Waals surface area (Å²) in [5.74, 6) is 1.10. The average Bonchev–Trinajstić information content (AvgIpc) is 2.77. The Morgan fingerprint density at radius 2 is 1.95 bits per heavy atom. The molecule has 2 heterocycles. The highest BCUT2D eigenvalue weighted by Gasteiger charge is 2.43. The maximum absolute atomic E-state index is 12.5. The van der Waals surface area contributed by atoms with E-state index in [4.69, 9.17) is 9.47 Å². The van der Waals surface area contributed by atoms with Gasteiger partial charge in [0.2, 0.25) is 5.91 Å². The third kappa shape index (κ3) is 2.63. The molecule has 22 heavy (non-hydrogen) atoms. The number of nitrogens with zero attached hydrogens (tertiary/aromatic N) is 2. The van der Waals surface area contributed by atoms with Crippen molar-refractivity contribution in [3.8, 4) is 5.75 Å². The second kappa shape index (κ2) is 6.12. The van der Waals surface area contributed by atoms with E-state index in [9.17, 15) is 9.59 Å². The summed E-state index contributed by atoms with van der Waals surface area (Å²) in [4.78, 5) is 26.5. The topological polar surface area (TPSA) is 60.8 Å². The summed E-state index contributed by atoms with van der Waals surface area (Å²) in [5.41, 5.74) is -0.270. The molecule has 2 aliphatic rings. The number of hydrogen-bond acceptors (Lipinski definition) is 4. The Hall–Kier alpha value is -1.82. The zero-order chi connectivity index (χ0) is 15.7. The van der Waals surface area contributed by atoms with Gasteiger partial charge in [-0.2, -0.15) is 0 Å². The third-order valence-corrected chi connectivity index (χ3v) is 4.88. The van der Waals surface area contributed by atoms with Crippen molar-refractivity contribution in [3.05, 3.63) is 28.7 Å². The van der Waals surface area contributed by atoms with Gasteiger partial charge in [-0.25, -0.2) is 0 Å². The van der Waals surface area contributed by atoms with Crippen LogP contribution in [0.4, 0.5) is 0 Å².